The number of nitrogens with zero attached hydrogens (tertiary/aromatic N) is 6. The van der Waals surface area contributed by atoms with E-state index in [9.17, 15) is 4.79 Å². The number of aryl methyl sites for hydroxylation is 1. The Bertz CT molecular complexity index is 1080. The van der Waals surface area contributed by atoms with E-state index in [1.807, 2.05) is 42.5 Å². The molecule has 0 radical (unpaired) electrons. The van der Waals surface area contributed by atoms with Gasteiger partial charge in [0.2, 0.25) is 17.0 Å². The normalized spacial score (nSPS) is 11.0. The number of amides is 1. The van der Waals surface area contributed by atoms with Crippen molar-refractivity contribution in [1.29, 1.82) is 0 Å². The molecule has 0 fully saturated rings. The van der Waals surface area contributed by atoms with Gasteiger partial charge in [0.15, 0.2) is 5.82 Å². The summed E-state index contributed by atoms with van der Waals surface area (Å²) in [5, 5.41) is 23.7. The number of rotatable bonds is 6. The van der Waals surface area contributed by atoms with Crippen molar-refractivity contribution < 1.29 is 4.79 Å². The maximum Gasteiger partial charge on any atom is 0.249 e. The van der Waals surface area contributed by atoms with Crippen LogP contribution in [0.1, 0.15) is 6.42 Å². The number of benzene rings is 2. The van der Waals surface area contributed by atoms with Crippen molar-refractivity contribution in [2.45, 2.75) is 11.6 Å². The highest BCUT2D eigenvalue weighted by Crippen LogP contribution is 2.26. The van der Waals surface area contributed by atoms with Crippen LogP contribution >= 0.6 is 11.8 Å². The van der Waals surface area contributed by atoms with Crippen LogP contribution in [-0.4, -0.2) is 47.0 Å². The molecule has 9 nitrogen and oxygen atoms in total. The van der Waals surface area contributed by atoms with E-state index in [0.29, 0.717) is 23.2 Å². The number of aromatic amines is 1. The molecule has 1 amide bonds. The summed E-state index contributed by atoms with van der Waals surface area (Å²) in [6.07, 6.45) is 0.301. The molecular formula is C17H16N8OS. The molecule has 0 saturated heterocycles. The zero-order valence-corrected chi connectivity index (χ0v) is 15.3. The van der Waals surface area contributed by atoms with Crippen LogP contribution in [0.4, 0.5) is 5.95 Å². The second kappa shape index (κ2) is 7.54. The molecule has 4 aromatic rings. The number of carbonyl (C=O) groups is 1. The predicted octanol–water partition coefficient (Wildman–Crippen LogP) is 2.27. The van der Waals surface area contributed by atoms with Crippen LogP contribution in [0.25, 0.3) is 22.2 Å². The Kier molecular flexibility index (Phi) is 4.79. The summed E-state index contributed by atoms with van der Waals surface area (Å²) in [7, 11) is 1.75. The van der Waals surface area contributed by atoms with Gasteiger partial charge in [-0.05, 0) is 21.2 Å². The number of thioether (sulfide) groups is 1. The van der Waals surface area contributed by atoms with Gasteiger partial charge in [-0.1, -0.05) is 54.2 Å². The number of hydrogen-bond acceptors (Lipinski definition) is 7. The first kappa shape index (κ1) is 17.2. The molecule has 0 bridgehead atoms. The van der Waals surface area contributed by atoms with Crippen LogP contribution in [0.5, 0.6) is 0 Å². The molecule has 0 aliphatic carbocycles. The topological polar surface area (TPSA) is 114 Å². The molecule has 27 heavy (non-hydrogen) atoms. The first-order chi connectivity index (χ1) is 13.2. The molecular weight excluding hydrogens is 364 g/mol. The first-order valence-corrected chi connectivity index (χ1v) is 9.25. The minimum atomic E-state index is -0.166. The van der Waals surface area contributed by atoms with E-state index in [-0.39, 0.29) is 11.9 Å². The number of H-pyrrole nitrogens is 1. The fourth-order valence-electron chi connectivity index (χ4n) is 2.64. The highest BCUT2D eigenvalue weighted by molar-refractivity contribution is 7.99. The lowest BCUT2D eigenvalue weighted by molar-refractivity contribution is -0.115. The monoisotopic (exact) mass is 380 g/mol. The Morgan fingerprint density at radius 1 is 1.22 bits per heavy atom. The van der Waals surface area contributed by atoms with Crippen LogP contribution in [0.15, 0.2) is 47.6 Å². The highest BCUT2D eigenvalue weighted by Gasteiger charge is 2.12. The van der Waals surface area contributed by atoms with Crippen molar-refractivity contribution in [2.24, 2.45) is 7.05 Å². The van der Waals surface area contributed by atoms with Crippen LogP contribution in [0.3, 0.4) is 0 Å². The summed E-state index contributed by atoms with van der Waals surface area (Å²) in [5.41, 5.74) is 0.937. The average molecular weight is 380 g/mol. The van der Waals surface area contributed by atoms with Crippen molar-refractivity contribution in [3.05, 3.63) is 42.5 Å². The minimum Gasteiger partial charge on any atom is -0.293 e. The summed E-state index contributed by atoms with van der Waals surface area (Å²) in [5.74, 6) is 1.26. The number of hydrogen-bond donors (Lipinski definition) is 2. The van der Waals surface area contributed by atoms with Crippen molar-refractivity contribution in [3.63, 3.8) is 0 Å². The Balaban J connectivity index is 1.40. The number of tetrazole rings is 1. The van der Waals surface area contributed by atoms with Gasteiger partial charge in [0.1, 0.15) is 0 Å². The highest BCUT2D eigenvalue weighted by atomic mass is 32.2. The molecule has 2 aromatic heterocycles. The molecule has 136 valence electrons. The third-order valence-electron chi connectivity index (χ3n) is 3.92. The van der Waals surface area contributed by atoms with Crippen molar-refractivity contribution in [3.8, 4) is 11.4 Å². The molecule has 10 heteroatoms. The van der Waals surface area contributed by atoms with Gasteiger partial charge in [-0.3, -0.25) is 15.2 Å². The maximum atomic E-state index is 12.1. The number of nitrogens with one attached hydrogen (secondary N) is 2. The van der Waals surface area contributed by atoms with Gasteiger partial charge >= 0.3 is 0 Å². The van der Waals surface area contributed by atoms with Crippen molar-refractivity contribution >= 4 is 34.4 Å². The fourth-order valence-corrected chi connectivity index (χ4v) is 3.42. The third kappa shape index (κ3) is 3.80. The quantitative estimate of drug-likeness (QED) is 0.493. The Morgan fingerprint density at radius 2 is 2.07 bits per heavy atom. The molecule has 2 aromatic carbocycles. The van der Waals surface area contributed by atoms with E-state index in [4.69, 9.17) is 0 Å². The fraction of sp³-hybridized carbons (Fsp3) is 0.176. The van der Waals surface area contributed by atoms with Gasteiger partial charge in [0, 0.05) is 24.8 Å². The first-order valence-electron chi connectivity index (χ1n) is 8.26. The predicted molar refractivity (Wildman–Crippen MR) is 102 cm³/mol. The molecule has 0 spiro atoms. The zero-order chi connectivity index (χ0) is 18.6. The average Bonchev–Trinajstić information content (AvgIpc) is 3.30. The van der Waals surface area contributed by atoms with E-state index in [2.05, 4.69) is 36.0 Å². The Hall–Kier alpha value is -3.27. The molecule has 2 N–H and O–H groups in total. The van der Waals surface area contributed by atoms with E-state index in [0.717, 1.165) is 16.3 Å². The minimum absolute atomic E-state index is 0.166. The zero-order valence-electron chi connectivity index (χ0n) is 14.5. The molecule has 0 aliphatic rings. The number of fused-ring (bicyclic) bond motifs is 1. The Morgan fingerprint density at radius 3 is 2.93 bits per heavy atom. The summed E-state index contributed by atoms with van der Waals surface area (Å²) in [6, 6.07) is 14.0. The molecule has 0 saturated carbocycles. The summed E-state index contributed by atoms with van der Waals surface area (Å²) in [4.78, 5) is 16.5. The summed E-state index contributed by atoms with van der Waals surface area (Å²) in [6.45, 7) is 0. The standard InChI is InChI=1S/C17H16N8OS/c1-25-17(22-23-24-25)27-10-9-14(26)18-16-19-15(20-21-16)13-8-4-6-11-5-2-3-7-12(11)13/h2-8H,9-10H2,1H3,(H2,18,19,20,21,26). The van der Waals surface area contributed by atoms with E-state index >= 15 is 0 Å². The van der Waals surface area contributed by atoms with Crippen LogP contribution in [-0.2, 0) is 11.8 Å². The number of carbonyl (C=O) groups excluding carboxylic acids is 1. The van der Waals surface area contributed by atoms with Gasteiger partial charge in [0.05, 0.1) is 0 Å². The second-order valence-corrected chi connectivity index (χ2v) is 6.83. The molecule has 2 heterocycles. The maximum absolute atomic E-state index is 12.1. The van der Waals surface area contributed by atoms with E-state index in [1.54, 1.807) is 11.7 Å². The lowest BCUT2D eigenvalue weighted by Gasteiger charge is -2.03. The lowest BCUT2D eigenvalue weighted by atomic mass is 10.0. The molecule has 0 aliphatic heterocycles. The third-order valence-corrected chi connectivity index (χ3v) is 4.94. The van der Waals surface area contributed by atoms with Crippen LogP contribution < -0.4 is 5.32 Å². The van der Waals surface area contributed by atoms with Gasteiger partial charge in [-0.2, -0.15) is 4.98 Å². The number of aromatic nitrogens is 7. The molecule has 0 atom stereocenters. The summed E-state index contributed by atoms with van der Waals surface area (Å²) >= 11 is 1.41. The summed E-state index contributed by atoms with van der Waals surface area (Å²) < 4.78 is 1.56. The largest absolute Gasteiger partial charge is 0.293 e. The van der Waals surface area contributed by atoms with Gasteiger partial charge in [-0.25, -0.2) is 4.68 Å². The Labute approximate surface area is 158 Å². The smallest absolute Gasteiger partial charge is 0.249 e. The lowest BCUT2D eigenvalue weighted by Crippen LogP contribution is -2.13. The SMILES string of the molecule is Cn1nnnc1SCCC(=O)Nc1n[nH]c(-c2cccc3ccccc23)n1. The van der Waals surface area contributed by atoms with E-state index in [1.165, 1.54) is 11.8 Å². The molecule has 4 rings (SSSR count). The second-order valence-electron chi connectivity index (χ2n) is 5.77. The van der Waals surface area contributed by atoms with Crippen molar-refractivity contribution in [1.82, 2.24) is 35.4 Å². The number of anilines is 1. The van der Waals surface area contributed by atoms with Gasteiger partial charge in [-0.15, -0.1) is 10.2 Å². The van der Waals surface area contributed by atoms with Crippen molar-refractivity contribution in [2.75, 3.05) is 11.1 Å². The van der Waals surface area contributed by atoms with E-state index < -0.39 is 0 Å². The van der Waals surface area contributed by atoms with Gasteiger partial charge < -0.3 is 0 Å². The van der Waals surface area contributed by atoms with Crippen LogP contribution in [0.2, 0.25) is 0 Å². The van der Waals surface area contributed by atoms with Crippen LogP contribution in [0, 0.1) is 0 Å². The molecule has 0 unspecified atom stereocenters. The van der Waals surface area contributed by atoms with Gasteiger partial charge in [0.25, 0.3) is 0 Å².